The van der Waals surface area contributed by atoms with Crippen LogP contribution in [0.3, 0.4) is 0 Å². The smallest absolute Gasteiger partial charge is 0.321 e. The molecule has 1 N–H and O–H groups in total. The van der Waals surface area contributed by atoms with Crippen LogP contribution in [0.1, 0.15) is 10.4 Å². The van der Waals surface area contributed by atoms with Gasteiger partial charge in [0.05, 0.1) is 16.1 Å². The Morgan fingerprint density at radius 3 is 2.39 bits per heavy atom. The van der Waals surface area contributed by atoms with Crippen molar-refractivity contribution in [3.8, 4) is 0 Å². The molecule has 0 aliphatic heterocycles. The molecule has 0 aliphatic carbocycles. The molecule has 0 heterocycles. The fourth-order valence-electron chi connectivity index (χ4n) is 1.78. The van der Waals surface area contributed by atoms with Gasteiger partial charge < -0.3 is 5.32 Å². The molecule has 0 aliphatic rings. The summed E-state index contributed by atoms with van der Waals surface area (Å²) in [6.07, 6.45) is 0. The summed E-state index contributed by atoms with van der Waals surface area (Å²) in [6, 6.07) is 8.08. The minimum absolute atomic E-state index is 0.0237. The summed E-state index contributed by atoms with van der Waals surface area (Å²) < 4.78 is 61.8. The van der Waals surface area contributed by atoms with Gasteiger partial charge >= 0.3 is 5.76 Å². The second-order valence-electron chi connectivity index (χ2n) is 4.38. The Balaban J connectivity index is 2.40. The first kappa shape index (κ1) is 17.5. The fraction of sp³-hybridized carbons (Fsp3) is 0.0714. The zero-order chi connectivity index (χ0) is 17.2. The largest absolute Gasteiger partial charge is 0.341 e. The molecule has 4 nitrogen and oxygen atoms in total. The summed E-state index contributed by atoms with van der Waals surface area (Å²) in [4.78, 5) is 11.5. The molecule has 2 rings (SSSR count). The SMILES string of the molecule is O=C(Nc1ccccc1S(=O)(=O)C(F)F)c1ccc(F)cc1Br. The van der Waals surface area contributed by atoms with Crippen LogP contribution in [0.4, 0.5) is 18.9 Å². The van der Waals surface area contributed by atoms with Gasteiger partial charge in [-0.05, 0) is 46.3 Å². The third kappa shape index (κ3) is 3.73. The molecule has 1 amide bonds. The van der Waals surface area contributed by atoms with Crippen molar-refractivity contribution in [2.75, 3.05) is 5.32 Å². The lowest BCUT2D eigenvalue weighted by molar-refractivity contribution is 0.102. The number of anilines is 1. The monoisotopic (exact) mass is 407 g/mol. The van der Waals surface area contributed by atoms with Gasteiger partial charge in [0.1, 0.15) is 5.82 Å². The summed E-state index contributed by atoms with van der Waals surface area (Å²) in [5.41, 5.74) is -0.260. The molecular formula is C14H9BrF3NO3S. The minimum atomic E-state index is -4.87. The quantitative estimate of drug-likeness (QED) is 0.837. The zero-order valence-electron chi connectivity index (χ0n) is 11.3. The average Bonchev–Trinajstić information content (AvgIpc) is 2.47. The van der Waals surface area contributed by atoms with Gasteiger partial charge in [-0.1, -0.05) is 12.1 Å². The number of carbonyl (C=O) groups excluding carboxylic acids is 1. The summed E-state index contributed by atoms with van der Waals surface area (Å²) in [6.45, 7) is 0. The normalized spacial score (nSPS) is 11.5. The van der Waals surface area contributed by atoms with Gasteiger partial charge in [0.2, 0.25) is 9.84 Å². The van der Waals surface area contributed by atoms with Crippen molar-refractivity contribution >= 4 is 37.4 Å². The molecule has 0 aromatic heterocycles. The van der Waals surface area contributed by atoms with Crippen LogP contribution in [0.15, 0.2) is 51.8 Å². The van der Waals surface area contributed by atoms with E-state index in [4.69, 9.17) is 0 Å². The van der Waals surface area contributed by atoms with E-state index in [1.165, 1.54) is 24.3 Å². The van der Waals surface area contributed by atoms with Crippen molar-refractivity contribution in [3.63, 3.8) is 0 Å². The van der Waals surface area contributed by atoms with Gasteiger partial charge in [0, 0.05) is 4.47 Å². The predicted molar refractivity (Wildman–Crippen MR) is 81.7 cm³/mol. The van der Waals surface area contributed by atoms with E-state index in [9.17, 15) is 26.4 Å². The Kier molecular flexibility index (Phi) is 5.10. The summed E-state index contributed by atoms with van der Waals surface area (Å²) in [7, 11) is -4.87. The van der Waals surface area contributed by atoms with Gasteiger partial charge in [0.15, 0.2) is 0 Å². The maximum atomic E-state index is 13.0. The van der Waals surface area contributed by atoms with Crippen molar-refractivity contribution in [1.29, 1.82) is 0 Å². The number of nitrogens with one attached hydrogen (secondary N) is 1. The third-order valence-electron chi connectivity index (χ3n) is 2.85. The molecule has 2 aromatic carbocycles. The number of sulfone groups is 1. The van der Waals surface area contributed by atoms with E-state index in [0.717, 1.165) is 18.2 Å². The van der Waals surface area contributed by atoms with Crippen molar-refractivity contribution < 1.29 is 26.4 Å². The highest BCUT2D eigenvalue weighted by atomic mass is 79.9. The number of carbonyl (C=O) groups is 1. The first-order valence-electron chi connectivity index (χ1n) is 6.11. The van der Waals surface area contributed by atoms with E-state index < -0.39 is 32.2 Å². The summed E-state index contributed by atoms with van der Waals surface area (Å²) in [5.74, 6) is -4.96. The van der Waals surface area contributed by atoms with E-state index in [1.54, 1.807) is 0 Å². The van der Waals surface area contributed by atoms with Crippen LogP contribution in [0, 0.1) is 5.82 Å². The van der Waals surface area contributed by atoms with Crippen molar-refractivity contribution in [2.45, 2.75) is 10.7 Å². The molecule has 0 radical (unpaired) electrons. The number of hydrogen-bond donors (Lipinski definition) is 1. The second kappa shape index (κ2) is 6.71. The Labute approximate surface area is 138 Å². The van der Waals surface area contributed by atoms with Gasteiger partial charge in [-0.2, -0.15) is 8.78 Å². The molecule has 0 unspecified atom stereocenters. The Morgan fingerprint density at radius 2 is 1.78 bits per heavy atom. The number of rotatable bonds is 4. The summed E-state index contributed by atoms with van der Waals surface area (Å²) in [5, 5.41) is 2.24. The Bertz CT molecular complexity index is 856. The molecule has 122 valence electrons. The van der Waals surface area contributed by atoms with Crippen LogP contribution < -0.4 is 5.32 Å². The Morgan fingerprint density at radius 1 is 1.13 bits per heavy atom. The average molecular weight is 408 g/mol. The third-order valence-corrected chi connectivity index (χ3v) is 4.95. The number of alkyl halides is 2. The fourth-order valence-corrected chi connectivity index (χ4v) is 3.19. The number of para-hydroxylation sites is 1. The van der Waals surface area contributed by atoms with E-state index in [0.29, 0.717) is 0 Å². The molecule has 2 aromatic rings. The maximum absolute atomic E-state index is 13.0. The second-order valence-corrected chi connectivity index (χ2v) is 7.12. The molecular weight excluding hydrogens is 399 g/mol. The van der Waals surface area contributed by atoms with E-state index in [2.05, 4.69) is 21.2 Å². The standard InChI is InChI=1S/C14H9BrF3NO3S/c15-10-7-8(16)5-6-9(10)13(20)19-11-3-1-2-4-12(11)23(21,22)14(17)18/h1-7,14H,(H,19,20). The number of amides is 1. The van der Waals surface area contributed by atoms with Gasteiger partial charge in [-0.3, -0.25) is 4.79 Å². The highest BCUT2D eigenvalue weighted by molar-refractivity contribution is 9.10. The first-order chi connectivity index (χ1) is 10.7. The zero-order valence-corrected chi connectivity index (χ0v) is 13.7. The maximum Gasteiger partial charge on any atom is 0.341 e. The lowest BCUT2D eigenvalue weighted by atomic mass is 10.2. The van der Waals surface area contributed by atoms with E-state index in [1.807, 2.05) is 0 Å². The minimum Gasteiger partial charge on any atom is -0.321 e. The molecule has 0 atom stereocenters. The van der Waals surface area contributed by atoms with Crippen LogP contribution in [-0.2, 0) is 9.84 Å². The highest BCUT2D eigenvalue weighted by Gasteiger charge is 2.29. The molecule has 9 heteroatoms. The predicted octanol–water partition coefficient (Wildman–Crippen LogP) is 3.84. The highest BCUT2D eigenvalue weighted by Crippen LogP contribution is 2.27. The first-order valence-corrected chi connectivity index (χ1v) is 8.45. The van der Waals surface area contributed by atoms with Crippen molar-refractivity contribution in [2.24, 2.45) is 0 Å². The molecule has 0 saturated carbocycles. The molecule has 23 heavy (non-hydrogen) atoms. The number of hydrogen-bond acceptors (Lipinski definition) is 3. The molecule has 0 fully saturated rings. The van der Waals surface area contributed by atoms with Crippen molar-refractivity contribution in [3.05, 3.63) is 58.3 Å². The number of benzene rings is 2. The van der Waals surface area contributed by atoms with Gasteiger partial charge in [-0.15, -0.1) is 0 Å². The Hall–Kier alpha value is -1.87. The molecule has 0 saturated heterocycles. The molecule has 0 bridgehead atoms. The summed E-state index contributed by atoms with van der Waals surface area (Å²) >= 11 is 3.00. The van der Waals surface area contributed by atoms with Gasteiger partial charge in [-0.25, -0.2) is 12.8 Å². The van der Waals surface area contributed by atoms with Crippen LogP contribution in [0.5, 0.6) is 0 Å². The van der Waals surface area contributed by atoms with Crippen LogP contribution >= 0.6 is 15.9 Å². The lowest BCUT2D eigenvalue weighted by Crippen LogP contribution is -2.18. The lowest BCUT2D eigenvalue weighted by Gasteiger charge is -2.12. The van der Waals surface area contributed by atoms with Crippen molar-refractivity contribution in [1.82, 2.24) is 0 Å². The topological polar surface area (TPSA) is 63.2 Å². The van der Waals surface area contributed by atoms with Gasteiger partial charge in [0.25, 0.3) is 5.91 Å². The number of halogens is 4. The molecule has 0 spiro atoms. The van der Waals surface area contributed by atoms with E-state index >= 15 is 0 Å². The van der Waals surface area contributed by atoms with Crippen LogP contribution in [-0.4, -0.2) is 20.1 Å². The van der Waals surface area contributed by atoms with E-state index in [-0.39, 0.29) is 15.7 Å². The van der Waals surface area contributed by atoms with Crippen LogP contribution in [0.25, 0.3) is 0 Å². The van der Waals surface area contributed by atoms with Crippen LogP contribution in [0.2, 0.25) is 0 Å².